The maximum atomic E-state index is 13.5. The molecular formula is C15H22FNO2S. The van der Waals surface area contributed by atoms with Crippen molar-refractivity contribution >= 4 is 9.84 Å². The van der Waals surface area contributed by atoms with Gasteiger partial charge in [0.2, 0.25) is 0 Å². The van der Waals surface area contributed by atoms with Gasteiger partial charge in [-0.25, -0.2) is 12.8 Å². The van der Waals surface area contributed by atoms with E-state index in [1.807, 2.05) is 6.07 Å². The Bertz CT molecular complexity index is 545. The summed E-state index contributed by atoms with van der Waals surface area (Å²) in [6, 6.07) is 7.01. The van der Waals surface area contributed by atoms with E-state index in [4.69, 9.17) is 0 Å². The Morgan fingerprint density at radius 1 is 1.30 bits per heavy atom. The van der Waals surface area contributed by atoms with E-state index in [-0.39, 0.29) is 17.1 Å². The van der Waals surface area contributed by atoms with E-state index in [1.165, 1.54) is 12.3 Å². The smallest absolute Gasteiger partial charge is 0.150 e. The first-order valence-electron chi connectivity index (χ1n) is 7.12. The predicted octanol–water partition coefficient (Wildman–Crippen LogP) is 2.31. The highest BCUT2D eigenvalue weighted by Crippen LogP contribution is 2.23. The molecule has 2 unspecified atom stereocenters. The fourth-order valence-corrected chi connectivity index (χ4v) is 4.01. The third-order valence-corrected chi connectivity index (χ3v) is 5.66. The van der Waals surface area contributed by atoms with Gasteiger partial charge in [0.15, 0.2) is 0 Å². The topological polar surface area (TPSA) is 46.2 Å². The largest absolute Gasteiger partial charge is 0.314 e. The first kappa shape index (κ1) is 15.4. The van der Waals surface area contributed by atoms with E-state index >= 15 is 0 Å². The van der Waals surface area contributed by atoms with Gasteiger partial charge in [0.25, 0.3) is 0 Å². The maximum Gasteiger partial charge on any atom is 0.150 e. The summed E-state index contributed by atoms with van der Waals surface area (Å²) in [4.78, 5) is 0. The summed E-state index contributed by atoms with van der Waals surface area (Å²) >= 11 is 0. The second-order valence-corrected chi connectivity index (χ2v) is 7.94. The van der Waals surface area contributed by atoms with Crippen LogP contribution in [0.15, 0.2) is 24.3 Å². The second kappa shape index (κ2) is 6.68. The second-order valence-electron chi connectivity index (χ2n) is 5.61. The van der Waals surface area contributed by atoms with Gasteiger partial charge in [0, 0.05) is 12.3 Å². The van der Waals surface area contributed by atoms with Crippen LogP contribution in [0.4, 0.5) is 4.39 Å². The van der Waals surface area contributed by atoms with Gasteiger partial charge in [-0.15, -0.1) is 0 Å². The molecule has 1 fully saturated rings. The lowest BCUT2D eigenvalue weighted by atomic mass is 9.95. The van der Waals surface area contributed by atoms with Gasteiger partial charge in [-0.05, 0) is 43.9 Å². The normalized spacial score (nSPS) is 23.7. The fourth-order valence-electron chi connectivity index (χ4n) is 2.83. The molecule has 1 aromatic carbocycles. The van der Waals surface area contributed by atoms with Crippen LogP contribution in [0.25, 0.3) is 0 Å². The summed E-state index contributed by atoms with van der Waals surface area (Å²) in [5, 5.41) is 3.15. The van der Waals surface area contributed by atoms with Gasteiger partial charge >= 0.3 is 0 Å². The molecule has 0 bridgehead atoms. The van der Waals surface area contributed by atoms with E-state index in [9.17, 15) is 12.8 Å². The number of sulfone groups is 1. The molecular weight excluding hydrogens is 277 g/mol. The molecule has 1 aliphatic rings. The number of hydrogen-bond acceptors (Lipinski definition) is 3. The van der Waals surface area contributed by atoms with Gasteiger partial charge in [-0.3, -0.25) is 0 Å². The van der Waals surface area contributed by atoms with Gasteiger partial charge in [-0.2, -0.15) is 0 Å². The van der Waals surface area contributed by atoms with Crippen molar-refractivity contribution in [3.63, 3.8) is 0 Å². The van der Waals surface area contributed by atoms with Gasteiger partial charge in [-0.1, -0.05) is 24.6 Å². The number of benzene rings is 1. The first-order chi connectivity index (χ1) is 9.47. The van der Waals surface area contributed by atoms with Crippen molar-refractivity contribution in [3.05, 3.63) is 35.6 Å². The lowest BCUT2D eigenvalue weighted by Crippen LogP contribution is -2.39. The zero-order valence-electron chi connectivity index (χ0n) is 11.8. The summed E-state index contributed by atoms with van der Waals surface area (Å²) in [5.74, 6) is -0.174. The number of nitrogens with one attached hydrogen (secondary N) is 1. The Labute approximate surface area is 120 Å². The van der Waals surface area contributed by atoms with E-state index in [2.05, 4.69) is 5.32 Å². The highest BCUT2D eigenvalue weighted by molar-refractivity contribution is 7.91. The molecule has 0 aliphatic heterocycles. The number of rotatable bonds is 5. The van der Waals surface area contributed by atoms with Crippen LogP contribution in [-0.2, 0) is 16.3 Å². The Morgan fingerprint density at radius 3 is 2.75 bits per heavy atom. The number of hydrogen-bond donors (Lipinski definition) is 1. The van der Waals surface area contributed by atoms with Crippen LogP contribution >= 0.6 is 0 Å². The number of halogens is 1. The minimum absolute atomic E-state index is 0.174. The van der Waals surface area contributed by atoms with E-state index in [1.54, 1.807) is 12.1 Å². The summed E-state index contributed by atoms with van der Waals surface area (Å²) in [6.07, 6.45) is 5.34. The molecule has 0 spiro atoms. The summed E-state index contributed by atoms with van der Waals surface area (Å²) in [5.41, 5.74) is 0.704. The van der Waals surface area contributed by atoms with Crippen molar-refractivity contribution in [1.82, 2.24) is 5.32 Å². The van der Waals surface area contributed by atoms with E-state index in [0.29, 0.717) is 24.9 Å². The molecule has 1 N–H and O–H groups in total. The average Bonchev–Trinajstić information content (AvgIpc) is 2.40. The molecule has 0 saturated heterocycles. The summed E-state index contributed by atoms with van der Waals surface area (Å²) in [6.45, 7) is 0.683. The lowest BCUT2D eigenvalue weighted by molar-refractivity contribution is 0.373. The lowest BCUT2D eigenvalue weighted by Gasteiger charge is -2.28. The molecule has 2 rings (SSSR count). The molecule has 0 aromatic heterocycles. The standard InChI is InChI=1S/C15H22FNO2S/c1-20(18,19)14-7-4-6-13(11-14)17-10-9-12-5-2-3-8-15(12)16/h2-3,5,8,13-14,17H,4,6-7,9-11H2,1H3. The molecule has 20 heavy (non-hydrogen) atoms. The van der Waals surface area contributed by atoms with Crippen LogP contribution in [0.1, 0.15) is 31.2 Å². The SMILES string of the molecule is CS(=O)(=O)C1CCCC(NCCc2ccccc2F)C1. The fraction of sp³-hybridized carbons (Fsp3) is 0.600. The average molecular weight is 299 g/mol. The van der Waals surface area contributed by atoms with Crippen LogP contribution < -0.4 is 5.32 Å². The van der Waals surface area contributed by atoms with Crippen molar-refractivity contribution < 1.29 is 12.8 Å². The molecule has 112 valence electrons. The minimum Gasteiger partial charge on any atom is -0.314 e. The Morgan fingerprint density at radius 2 is 2.05 bits per heavy atom. The quantitative estimate of drug-likeness (QED) is 0.907. The molecule has 2 atom stereocenters. The Balaban J connectivity index is 1.81. The first-order valence-corrected chi connectivity index (χ1v) is 9.08. The van der Waals surface area contributed by atoms with Crippen LogP contribution in [0.2, 0.25) is 0 Å². The highest BCUT2D eigenvalue weighted by Gasteiger charge is 2.28. The molecule has 0 heterocycles. The molecule has 0 radical (unpaired) electrons. The Hall–Kier alpha value is -0.940. The summed E-state index contributed by atoms with van der Waals surface area (Å²) < 4.78 is 36.7. The monoisotopic (exact) mass is 299 g/mol. The third kappa shape index (κ3) is 4.28. The van der Waals surface area contributed by atoms with Gasteiger partial charge in [0.1, 0.15) is 15.7 Å². The molecule has 1 aliphatic carbocycles. The molecule has 1 aromatic rings. The van der Waals surface area contributed by atoms with Crippen LogP contribution in [0.5, 0.6) is 0 Å². The van der Waals surface area contributed by atoms with Crippen molar-refractivity contribution in [1.29, 1.82) is 0 Å². The maximum absolute atomic E-state index is 13.5. The van der Waals surface area contributed by atoms with Crippen molar-refractivity contribution in [3.8, 4) is 0 Å². The van der Waals surface area contributed by atoms with Gasteiger partial charge in [0.05, 0.1) is 5.25 Å². The third-order valence-electron chi connectivity index (χ3n) is 4.02. The van der Waals surface area contributed by atoms with Crippen molar-refractivity contribution in [2.24, 2.45) is 0 Å². The summed E-state index contributed by atoms with van der Waals surface area (Å²) in [7, 11) is -2.94. The molecule has 1 saturated carbocycles. The zero-order chi connectivity index (χ0) is 14.6. The van der Waals surface area contributed by atoms with Crippen LogP contribution in [0.3, 0.4) is 0 Å². The zero-order valence-corrected chi connectivity index (χ0v) is 12.6. The predicted molar refractivity (Wildman–Crippen MR) is 79.0 cm³/mol. The molecule has 3 nitrogen and oxygen atoms in total. The van der Waals surface area contributed by atoms with Crippen LogP contribution in [0, 0.1) is 5.82 Å². The van der Waals surface area contributed by atoms with E-state index < -0.39 is 9.84 Å². The van der Waals surface area contributed by atoms with E-state index in [0.717, 1.165) is 19.3 Å². The van der Waals surface area contributed by atoms with Gasteiger partial charge < -0.3 is 5.32 Å². The molecule has 0 amide bonds. The van der Waals surface area contributed by atoms with Crippen molar-refractivity contribution in [2.75, 3.05) is 12.8 Å². The Kier molecular flexibility index (Phi) is 5.16. The van der Waals surface area contributed by atoms with Crippen LogP contribution in [-0.4, -0.2) is 32.5 Å². The minimum atomic E-state index is -2.94. The van der Waals surface area contributed by atoms with Crippen molar-refractivity contribution in [2.45, 2.75) is 43.4 Å². The molecule has 5 heteroatoms. The highest BCUT2D eigenvalue weighted by atomic mass is 32.2.